The second-order valence-electron chi connectivity index (χ2n) is 9.80. The molecule has 4 aliphatic carbocycles. The number of aliphatic carboxylic acids is 1. The van der Waals surface area contributed by atoms with Crippen molar-refractivity contribution >= 4 is 17.8 Å². The van der Waals surface area contributed by atoms with Crippen molar-refractivity contribution in [1.82, 2.24) is 19.7 Å². The number of carboxylic acid groups (broad SMARTS) is 1. The van der Waals surface area contributed by atoms with Crippen molar-refractivity contribution in [2.24, 2.45) is 23.2 Å². The van der Waals surface area contributed by atoms with Crippen LogP contribution in [0.4, 0.5) is 5.95 Å². The van der Waals surface area contributed by atoms with E-state index in [1.165, 1.54) is 23.9 Å². The molecule has 0 aromatic carbocycles. The molecular formula is C20H29N5O3. The number of likely N-dealkylation sites (N-methyl/N-ethyl adjacent to an activating group) is 1. The second-order valence-corrected chi connectivity index (χ2v) is 9.80. The first-order valence-electron chi connectivity index (χ1n) is 10.5. The molecular weight excluding hydrogens is 358 g/mol. The summed E-state index contributed by atoms with van der Waals surface area (Å²) in [5.41, 5.74) is -0.265. The fourth-order valence-corrected chi connectivity index (χ4v) is 6.83. The molecule has 5 aliphatic rings. The number of hydrogen-bond acceptors (Lipinski definition) is 5. The highest BCUT2D eigenvalue weighted by Crippen LogP contribution is 2.60. The molecule has 28 heavy (non-hydrogen) atoms. The molecule has 4 bridgehead atoms. The third-order valence-electron chi connectivity index (χ3n) is 7.66. The Hall–Kier alpha value is -1.96. The number of aryl methyl sites for hydroxylation is 1. The molecule has 2 atom stereocenters. The lowest BCUT2D eigenvalue weighted by molar-refractivity contribution is -0.144. The lowest BCUT2D eigenvalue weighted by atomic mass is 9.49. The molecule has 0 radical (unpaired) electrons. The lowest BCUT2D eigenvalue weighted by Crippen LogP contribution is -2.51. The number of amides is 1. The quantitative estimate of drug-likeness (QED) is 0.819. The van der Waals surface area contributed by atoms with E-state index in [9.17, 15) is 14.7 Å². The number of hydrogen-bond donors (Lipinski definition) is 2. The minimum Gasteiger partial charge on any atom is -0.480 e. The molecule has 1 aliphatic heterocycles. The van der Waals surface area contributed by atoms with Crippen molar-refractivity contribution in [1.29, 1.82) is 0 Å². The summed E-state index contributed by atoms with van der Waals surface area (Å²) in [6.45, 7) is 0. The van der Waals surface area contributed by atoms with E-state index in [2.05, 4.69) is 15.4 Å². The van der Waals surface area contributed by atoms with Gasteiger partial charge in [-0.05, 0) is 76.8 Å². The molecule has 4 saturated carbocycles. The van der Waals surface area contributed by atoms with Gasteiger partial charge in [-0.2, -0.15) is 4.98 Å². The van der Waals surface area contributed by atoms with E-state index in [-0.39, 0.29) is 23.3 Å². The van der Waals surface area contributed by atoms with Gasteiger partial charge >= 0.3 is 5.97 Å². The molecule has 1 amide bonds. The largest absolute Gasteiger partial charge is 0.480 e. The Morgan fingerprint density at radius 1 is 1.14 bits per heavy atom. The molecule has 1 aromatic rings. The topological polar surface area (TPSA) is 100 Å². The van der Waals surface area contributed by atoms with Crippen molar-refractivity contribution in [3.05, 3.63) is 5.82 Å². The summed E-state index contributed by atoms with van der Waals surface area (Å²) in [6, 6.07) is -0.921. The molecule has 2 N–H and O–H groups in total. The number of carbonyl (C=O) groups is 2. The third kappa shape index (κ3) is 2.76. The van der Waals surface area contributed by atoms with Gasteiger partial charge in [-0.1, -0.05) is 0 Å². The Kier molecular flexibility index (Phi) is 4.05. The number of anilines is 1. The summed E-state index contributed by atoms with van der Waals surface area (Å²) in [5.74, 6) is 2.12. The summed E-state index contributed by atoms with van der Waals surface area (Å²) >= 11 is 0. The summed E-state index contributed by atoms with van der Waals surface area (Å²) in [5, 5.41) is 17.1. The maximum absolute atomic E-state index is 13.2. The highest BCUT2D eigenvalue weighted by Gasteiger charge is 2.54. The van der Waals surface area contributed by atoms with E-state index < -0.39 is 12.0 Å². The van der Waals surface area contributed by atoms with Crippen LogP contribution in [-0.4, -0.2) is 56.8 Å². The minimum atomic E-state index is -0.913. The summed E-state index contributed by atoms with van der Waals surface area (Å²) in [4.78, 5) is 31.5. The predicted octanol–water partition coefficient (Wildman–Crippen LogP) is 1.94. The first-order chi connectivity index (χ1) is 13.3. The van der Waals surface area contributed by atoms with Crippen molar-refractivity contribution < 1.29 is 14.7 Å². The maximum atomic E-state index is 13.2. The van der Waals surface area contributed by atoms with Crippen molar-refractivity contribution in [2.45, 2.75) is 63.5 Å². The van der Waals surface area contributed by atoms with Gasteiger partial charge in [0.2, 0.25) is 11.9 Å². The monoisotopic (exact) mass is 387 g/mol. The fourth-order valence-electron chi connectivity index (χ4n) is 6.83. The Morgan fingerprint density at radius 2 is 1.75 bits per heavy atom. The van der Waals surface area contributed by atoms with Crippen LogP contribution in [0.2, 0.25) is 0 Å². The number of carboxylic acids is 1. The molecule has 8 heteroatoms. The maximum Gasteiger partial charge on any atom is 0.330 e. The SMILES string of the molecule is CN(C)C1CCc2nc(NC(=O)C34CC5CC(CC(C5)C3)C4)nn2C1C(=O)O. The van der Waals surface area contributed by atoms with Gasteiger partial charge in [-0.25, -0.2) is 9.48 Å². The van der Waals surface area contributed by atoms with E-state index in [0.717, 1.165) is 19.3 Å². The van der Waals surface area contributed by atoms with Crippen LogP contribution in [0.1, 0.15) is 56.8 Å². The predicted molar refractivity (Wildman–Crippen MR) is 102 cm³/mol. The van der Waals surface area contributed by atoms with Gasteiger partial charge in [0.25, 0.3) is 0 Å². The van der Waals surface area contributed by atoms with E-state index in [4.69, 9.17) is 0 Å². The average molecular weight is 387 g/mol. The number of rotatable bonds is 4. The molecule has 0 saturated heterocycles. The van der Waals surface area contributed by atoms with Crippen molar-refractivity contribution in [3.8, 4) is 0 Å². The zero-order chi connectivity index (χ0) is 19.6. The first kappa shape index (κ1) is 18.1. The van der Waals surface area contributed by atoms with Crippen LogP contribution in [0.15, 0.2) is 0 Å². The van der Waals surface area contributed by atoms with Crippen molar-refractivity contribution in [2.75, 3.05) is 19.4 Å². The zero-order valence-electron chi connectivity index (χ0n) is 16.6. The van der Waals surface area contributed by atoms with Crippen LogP contribution in [0.25, 0.3) is 0 Å². The van der Waals surface area contributed by atoms with E-state index in [1.807, 2.05) is 19.0 Å². The lowest BCUT2D eigenvalue weighted by Gasteiger charge is -2.55. The van der Waals surface area contributed by atoms with Gasteiger partial charge in [0.1, 0.15) is 5.82 Å². The van der Waals surface area contributed by atoms with E-state index in [0.29, 0.717) is 36.4 Å². The van der Waals surface area contributed by atoms with E-state index in [1.54, 1.807) is 0 Å². The molecule has 1 aromatic heterocycles. The fraction of sp³-hybridized carbons (Fsp3) is 0.800. The second kappa shape index (κ2) is 6.27. The van der Waals surface area contributed by atoms with Gasteiger partial charge < -0.3 is 10.0 Å². The number of nitrogens with one attached hydrogen (secondary N) is 1. The third-order valence-corrected chi connectivity index (χ3v) is 7.66. The summed E-state index contributed by atoms with van der Waals surface area (Å²) in [6.07, 6.45) is 8.19. The van der Waals surface area contributed by atoms with Crippen LogP contribution in [0.5, 0.6) is 0 Å². The molecule has 2 unspecified atom stereocenters. The highest BCUT2D eigenvalue weighted by molar-refractivity contribution is 5.94. The zero-order valence-corrected chi connectivity index (χ0v) is 16.6. The number of aromatic nitrogens is 3. The first-order valence-corrected chi connectivity index (χ1v) is 10.5. The Morgan fingerprint density at radius 3 is 2.29 bits per heavy atom. The molecule has 2 heterocycles. The number of nitrogens with zero attached hydrogens (tertiary/aromatic N) is 4. The van der Waals surface area contributed by atoms with Crippen LogP contribution >= 0.6 is 0 Å². The van der Waals surface area contributed by atoms with Gasteiger partial charge in [-0.3, -0.25) is 10.1 Å². The Labute approximate surface area is 164 Å². The van der Waals surface area contributed by atoms with Crippen LogP contribution in [-0.2, 0) is 16.0 Å². The van der Waals surface area contributed by atoms with Gasteiger partial charge in [-0.15, -0.1) is 5.10 Å². The Balaban J connectivity index is 1.38. The smallest absolute Gasteiger partial charge is 0.330 e. The molecule has 0 spiro atoms. The van der Waals surface area contributed by atoms with Crippen molar-refractivity contribution in [3.63, 3.8) is 0 Å². The highest BCUT2D eigenvalue weighted by atomic mass is 16.4. The molecule has 8 nitrogen and oxygen atoms in total. The summed E-state index contributed by atoms with van der Waals surface area (Å²) in [7, 11) is 3.77. The van der Waals surface area contributed by atoms with Crippen LogP contribution in [0, 0.1) is 23.2 Å². The van der Waals surface area contributed by atoms with Gasteiger partial charge in [0.15, 0.2) is 6.04 Å². The van der Waals surface area contributed by atoms with E-state index >= 15 is 0 Å². The average Bonchev–Trinajstić information content (AvgIpc) is 3.01. The molecule has 6 rings (SSSR count). The molecule has 152 valence electrons. The van der Waals surface area contributed by atoms with Gasteiger partial charge in [0, 0.05) is 12.5 Å². The van der Waals surface area contributed by atoms with Crippen LogP contribution in [0.3, 0.4) is 0 Å². The minimum absolute atomic E-state index is 0.0468. The normalized spacial score (nSPS) is 38.5. The molecule has 4 fully saturated rings. The Bertz CT molecular complexity index is 781. The summed E-state index contributed by atoms with van der Waals surface area (Å²) < 4.78 is 1.51. The van der Waals surface area contributed by atoms with Gasteiger partial charge in [0.05, 0.1) is 5.41 Å². The number of carbonyl (C=O) groups excluding carboxylic acids is 1. The standard InChI is InChI=1S/C20H29N5O3/c1-24(2)14-3-4-15-21-19(23-25(15)16(14)17(26)27)22-18(28)20-8-11-5-12(9-20)7-13(6-11)10-20/h11-14,16H,3-10H2,1-2H3,(H,26,27)(H,22,23,28). The number of fused-ring (bicyclic) bond motifs is 1. The van der Waals surface area contributed by atoms with Crippen LogP contribution < -0.4 is 5.32 Å².